The van der Waals surface area contributed by atoms with Gasteiger partial charge in [-0.25, -0.2) is 4.98 Å². The van der Waals surface area contributed by atoms with Gasteiger partial charge in [-0.3, -0.25) is 9.69 Å². The molecule has 0 unspecified atom stereocenters. The van der Waals surface area contributed by atoms with Gasteiger partial charge in [0.15, 0.2) is 0 Å². The number of carbonyl (C=O) groups is 1. The van der Waals surface area contributed by atoms with E-state index in [9.17, 15) is 4.79 Å². The molecule has 2 aromatic heterocycles. The largest absolute Gasteiger partial charge is 0.497 e. The van der Waals surface area contributed by atoms with Crippen molar-refractivity contribution in [3.05, 3.63) is 59.4 Å². The smallest absolute Gasteiger partial charge is 0.241 e. The molecule has 1 saturated heterocycles. The SMILES string of the molecule is COc1ccc(-c2noc(CN3CCN(C(=O)CCCc4nc5ccccc5s4)CC3)n2)cc1. The molecule has 0 aliphatic carbocycles. The number of piperazine rings is 1. The van der Waals surface area contributed by atoms with Gasteiger partial charge in [0, 0.05) is 38.2 Å². The summed E-state index contributed by atoms with van der Waals surface area (Å²) in [6.45, 7) is 3.62. The zero-order valence-electron chi connectivity index (χ0n) is 19.1. The molecule has 3 heterocycles. The Hall–Kier alpha value is -3.30. The Morgan fingerprint density at radius 1 is 1.06 bits per heavy atom. The third-order valence-corrected chi connectivity index (χ3v) is 7.12. The summed E-state index contributed by atoms with van der Waals surface area (Å²) in [6, 6.07) is 15.7. The first kappa shape index (κ1) is 22.5. The molecule has 1 fully saturated rings. The molecule has 1 aliphatic rings. The molecule has 34 heavy (non-hydrogen) atoms. The number of ether oxygens (including phenoxy) is 1. The first-order chi connectivity index (χ1) is 16.7. The number of nitrogens with zero attached hydrogens (tertiary/aromatic N) is 5. The van der Waals surface area contributed by atoms with Crippen molar-refractivity contribution in [3.8, 4) is 17.1 Å². The van der Waals surface area contributed by atoms with E-state index in [0.29, 0.717) is 24.7 Å². The second kappa shape index (κ2) is 10.3. The molecule has 176 valence electrons. The lowest BCUT2D eigenvalue weighted by Crippen LogP contribution is -2.48. The van der Waals surface area contributed by atoms with Crippen molar-refractivity contribution in [2.24, 2.45) is 0 Å². The number of amides is 1. The average molecular weight is 478 g/mol. The quantitative estimate of drug-likeness (QED) is 0.379. The summed E-state index contributed by atoms with van der Waals surface area (Å²) >= 11 is 1.72. The third kappa shape index (κ3) is 5.26. The molecule has 1 aliphatic heterocycles. The van der Waals surface area contributed by atoms with Crippen LogP contribution >= 0.6 is 11.3 Å². The highest BCUT2D eigenvalue weighted by atomic mass is 32.1. The van der Waals surface area contributed by atoms with Crippen LogP contribution in [-0.2, 0) is 17.8 Å². The first-order valence-electron chi connectivity index (χ1n) is 11.5. The third-order valence-electron chi connectivity index (χ3n) is 6.02. The fraction of sp³-hybridized carbons (Fsp3) is 0.360. The van der Waals surface area contributed by atoms with E-state index in [-0.39, 0.29) is 5.91 Å². The lowest BCUT2D eigenvalue weighted by atomic mass is 10.2. The van der Waals surface area contributed by atoms with Gasteiger partial charge in [-0.2, -0.15) is 4.98 Å². The van der Waals surface area contributed by atoms with E-state index in [0.717, 1.165) is 60.9 Å². The fourth-order valence-corrected chi connectivity index (χ4v) is 5.11. The maximum atomic E-state index is 12.7. The molecule has 0 spiro atoms. The topological polar surface area (TPSA) is 84.6 Å². The predicted molar refractivity (Wildman–Crippen MR) is 131 cm³/mol. The number of hydrogen-bond donors (Lipinski definition) is 0. The Morgan fingerprint density at radius 2 is 1.85 bits per heavy atom. The number of thiazole rings is 1. The van der Waals surface area contributed by atoms with Gasteiger partial charge in [0.1, 0.15) is 5.75 Å². The van der Waals surface area contributed by atoms with Crippen molar-refractivity contribution in [2.75, 3.05) is 33.3 Å². The summed E-state index contributed by atoms with van der Waals surface area (Å²) in [7, 11) is 1.64. The zero-order chi connectivity index (χ0) is 23.3. The molecule has 0 N–H and O–H groups in total. The number of fused-ring (bicyclic) bond motifs is 1. The molecule has 8 nitrogen and oxygen atoms in total. The van der Waals surface area contributed by atoms with Crippen LogP contribution in [0.4, 0.5) is 0 Å². The molecule has 0 radical (unpaired) electrons. The minimum absolute atomic E-state index is 0.223. The van der Waals surface area contributed by atoms with Crippen molar-refractivity contribution in [3.63, 3.8) is 0 Å². The standard InChI is InChI=1S/C25H27N5O3S/c1-32-19-11-9-18(10-12-19)25-27-22(33-28-25)17-29-13-15-30(16-14-29)24(31)8-4-7-23-26-20-5-2-3-6-21(20)34-23/h2-3,5-6,9-12H,4,7-8,13-17H2,1H3. The van der Waals surface area contributed by atoms with E-state index in [4.69, 9.17) is 9.26 Å². The molecular weight excluding hydrogens is 450 g/mol. The number of hydrogen-bond acceptors (Lipinski definition) is 8. The van der Waals surface area contributed by atoms with E-state index in [1.807, 2.05) is 47.4 Å². The van der Waals surface area contributed by atoms with Crippen molar-refractivity contribution in [2.45, 2.75) is 25.8 Å². The van der Waals surface area contributed by atoms with Crippen LogP contribution in [-0.4, -0.2) is 64.1 Å². The van der Waals surface area contributed by atoms with Crippen molar-refractivity contribution in [1.82, 2.24) is 24.9 Å². The van der Waals surface area contributed by atoms with Crippen LogP contribution in [0.3, 0.4) is 0 Å². The first-order valence-corrected chi connectivity index (χ1v) is 12.3. The Labute approximate surface area is 202 Å². The average Bonchev–Trinajstić information content (AvgIpc) is 3.51. The Kier molecular flexibility index (Phi) is 6.82. The van der Waals surface area contributed by atoms with Gasteiger partial charge in [-0.05, 0) is 49.2 Å². The minimum atomic E-state index is 0.223. The molecule has 0 atom stereocenters. The van der Waals surface area contributed by atoms with Crippen LogP contribution < -0.4 is 4.74 Å². The number of aryl methyl sites for hydroxylation is 1. The summed E-state index contributed by atoms with van der Waals surface area (Å²) in [5.41, 5.74) is 1.93. The van der Waals surface area contributed by atoms with Gasteiger partial charge < -0.3 is 14.2 Å². The highest BCUT2D eigenvalue weighted by molar-refractivity contribution is 7.18. The molecular formula is C25H27N5O3S. The normalized spacial score (nSPS) is 14.6. The number of carbonyl (C=O) groups excluding carboxylic acids is 1. The summed E-state index contributed by atoms with van der Waals surface area (Å²) in [5, 5.41) is 5.20. The lowest BCUT2D eigenvalue weighted by Gasteiger charge is -2.34. The van der Waals surface area contributed by atoms with Crippen LogP contribution in [0.1, 0.15) is 23.7 Å². The number of para-hydroxylation sites is 1. The summed E-state index contributed by atoms with van der Waals surface area (Å²) < 4.78 is 11.8. The molecule has 0 saturated carbocycles. The van der Waals surface area contributed by atoms with E-state index in [2.05, 4.69) is 26.1 Å². The highest BCUT2D eigenvalue weighted by Crippen LogP contribution is 2.23. The number of rotatable bonds is 8. The van der Waals surface area contributed by atoms with Crippen molar-refractivity contribution in [1.29, 1.82) is 0 Å². The van der Waals surface area contributed by atoms with Gasteiger partial charge >= 0.3 is 0 Å². The maximum Gasteiger partial charge on any atom is 0.241 e. The van der Waals surface area contributed by atoms with E-state index < -0.39 is 0 Å². The van der Waals surface area contributed by atoms with Crippen LogP contribution in [0.15, 0.2) is 53.1 Å². The number of benzene rings is 2. The van der Waals surface area contributed by atoms with E-state index >= 15 is 0 Å². The number of aromatic nitrogens is 3. The Morgan fingerprint density at radius 3 is 2.62 bits per heavy atom. The van der Waals surface area contributed by atoms with Crippen molar-refractivity contribution >= 4 is 27.5 Å². The zero-order valence-corrected chi connectivity index (χ0v) is 20.0. The monoisotopic (exact) mass is 477 g/mol. The minimum Gasteiger partial charge on any atom is -0.497 e. The Balaban J connectivity index is 1.06. The fourth-order valence-electron chi connectivity index (χ4n) is 4.10. The van der Waals surface area contributed by atoms with Crippen LogP contribution in [0, 0.1) is 0 Å². The predicted octanol–water partition coefficient (Wildman–Crippen LogP) is 4.02. The molecule has 0 bridgehead atoms. The van der Waals surface area contributed by atoms with Gasteiger partial charge in [0.05, 0.1) is 28.9 Å². The summed E-state index contributed by atoms with van der Waals surface area (Å²) in [6.07, 6.45) is 2.23. The highest BCUT2D eigenvalue weighted by Gasteiger charge is 2.22. The summed E-state index contributed by atoms with van der Waals surface area (Å²) in [4.78, 5) is 26.1. The van der Waals surface area contributed by atoms with Crippen LogP contribution in [0.2, 0.25) is 0 Å². The maximum absolute atomic E-state index is 12.7. The second-order valence-electron chi connectivity index (χ2n) is 8.33. The molecule has 2 aromatic carbocycles. The van der Waals surface area contributed by atoms with E-state index in [1.54, 1.807) is 18.4 Å². The summed E-state index contributed by atoms with van der Waals surface area (Å²) in [5.74, 6) is 2.16. The molecule has 1 amide bonds. The van der Waals surface area contributed by atoms with Crippen molar-refractivity contribution < 1.29 is 14.1 Å². The van der Waals surface area contributed by atoms with Gasteiger partial charge in [-0.1, -0.05) is 17.3 Å². The molecule has 9 heteroatoms. The van der Waals surface area contributed by atoms with E-state index in [1.165, 1.54) is 4.70 Å². The second-order valence-corrected chi connectivity index (χ2v) is 9.44. The number of methoxy groups -OCH3 is 1. The lowest BCUT2D eigenvalue weighted by molar-refractivity contribution is -0.133. The van der Waals surface area contributed by atoms with Crippen LogP contribution in [0.5, 0.6) is 5.75 Å². The molecule has 4 aromatic rings. The van der Waals surface area contributed by atoms with Crippen LogP contribution in [0.25, 0.3) is 21.6 Å². The van der Waals surface area contributed by atoms with Gasteiger partial charge in [0.2, 0.25) is 17.6 Å². The van der Waals surface area contributed by atoms with Gasteiger partial charge in [0.25, 0.3) is 0 Å². The van der Waals surface area contributed by atoms with Gasteiger partial charge in [-0.15, -0.1) is 11.3 Å². The Bertz CT molecular complexity index is 1210. The molecule has 5 rings (SSSR count).